The van der Waals surface area contributed by atoms with Gasteiger partial charge in [0.25, 0.3) is 0 Å². The van der Waals surface area contributed by atoms with Crippen LogP contribution in [0.2, 0.25) is 0 Å². The van der Waals surface area contributed by atoms with Crippen LogP contribution >= 0.6 is 0 Å². The van der Waals surface area contributed by atoms with Crippen molar-refractivity contribution in [2.24, 2.45) is 23.3 Å². The molecule has 2 rings (SSSR count). The lowest BCUT2D eigenvalue weighted by Crippen LogP contribution is -2.54. The molecule has 0 spiro atoms. The smallest absolute Gasteiger partial charge is 0.353 e. The van der Waals surface area contributed by atoms with Gasteiger partial charge in [0, 0.05) is 18.1 Å². The number of halogens is 4. The van der Waals surface area contributed by atoms with Crippen molar-refractivity contribution in [1.82, 2.24) is 5.32 Å². The van der Waals surface area contributed by atoms with Crippen LogP contribution in [0.15, 0.2) is 0 Å². The second-order valence-electron chi connectivity index (χ2n) is 6.52. The Morgan fingerprint density at radius 3 is 2.09 bits per heavy atom. The number of rotatable bonds is 2. The number of nitrogens with two attached hydrogens (primary N) is 2. The highest BCUT2D eigenvalue weighted by atomic mass is 19.4. The number of carbonyl (C=O) groups excluding carboxylic acids is 1. The number of carbonyl (C=O) groups is 1. The molecule has 2 saturated carbocycles. The number of hydrogen-bond donors (Lipinski definition) is 3. The Balaban J connectivity index is 1.83. The fraction of sp³-hybridized carbons (Fsp3) is 0.929. The van der Waals surface area contributed by atoms with E-state index in [0.29, 0.717) is 0 Å². The molecular weight excluding hydrogens is 302 g/mol. The molecule has 0 aromatic carbocycles. The molecular formula is C14H23F4N3O. The van der Waals surface area contributed by atoms with E-state index in [0.717, 1.165) is 0 Å². The predicted molar refractivity (Wildman–Crippen MR) is 73.5 cm³/mol. The largest absolute Gasteiger partial charge is 0.391 e. The highest BCUT2D eigenvalue weighted by Crippen LogP contribution is 2.37. The van der Waals surface area contributed by atoms with Gasteiger partial charge in [0.15, 0.2) is 0 Å². The fourth-order valence-electron chi connectivity index (χ4n) is 3.36. The van der Waals surface area contributed by atoms with Gasteiger partial charge < -0.3 is 16.8 Å². The summed E-state index contributed by atoms with van der Waals surface area (Å²) in [5.41, 5.74) is 11.4. The third-order valence-electron chi connectivity index (χ3n) is 4.88. The summed E-state index contributed by atoms with van der Waals surface area (Å²) < 4.78 is 51.7. The van der Waals surface area contributed by atoms with E-state index in [1.807, 2.05) is 0 Å². The van der Waals surface area contributed by atoms with Crippen LogP contribution in [0.3, 0.4) is 0 Å². The zero-order valence-electron chi connectivity index (χ0n) is 12.3. The molecule has 0 aromatic rings. The zero-order chi connectivity index (χ0) is 16.5. The lowest BCUT2D eigenvalue weighted by atomic mass is 9.80. The SMILES string of the molecule is NC1CC(F)C(C(=O)NC2CCC(C(F)(F)F)CC2)CC1N. The average molecular weight is 325 g/mol. The maximum atomic E-state index is 13.9. The highest BCUT2D eigenvalue weighted by molar-refractivity contribution is 5.79. The first-order valence-corrected chi connectivity index (χ1v) is 7.70. The van der Waals surface area contributed by atoms with Crippen LogP contribution in [0.4, 0.5) is 17.6 Å². The van der Waals surface area contributed by atoms with Gasteiger partial charge in [-0.05, 0) is 38.5 Å². The zero-order valence-corrected chi connectivity index (χ0v) is 12.3. The van der Waals surface area contributed by atoms with Gasteiger partial charge in [-0.15, -0.1) is 0 Å². The molecule has 2 aliphatic rings. The Bertz CT molecular complexity index is 396. The molecule has 5 N–H and O–H groups in total. The van der Waals surface area contributed by atoms with Crippen molar-refractivity contribution in [3.05, 3.63) is 0 Å². The molecule has 0 aromatic heterocycles. The Hall–Kier alpha value is -0.890. The van der Waals surface area contributed by atoms with Crippen molar-refractivity contribution in [2.75, 3.05) is 0 Å². The Morgan fingerprint density at radius 1 is 1.00 bits per heavy atom. The molecule has 8 heteroatoms. The van der Waals surface area contributed by atoms with Crippen LogP contribution in [0, 0.1) is 11.8 Å². The van der Waals surface area contributed by atoms with E-state index in [-0.39, 0.29) is 44.6 Å². The molecule has 128 valence electrons. The van der Waals surface area contributed by atoms with Crippen molar-refractivity contribution < 1.29 is 22.4 Å². The summed E-state index contributed by atoms with van der Waals surface area (Å²) in [5, 5.41) is 2.68. The molecule has 0 radical (unpaired) electrons. The van der Waals surface area contributed by atoms with Gasteiger partial charge in [0.05, 0.1) is 11.8 Å². The summed E-state index contributed by atoms with van der Waals surface area (Å²) in [4.78, 5) is 12.1. The molecule has 0 aliphatic heterocycles. The third kappa shape index (κ3) is 4.10. The number of amides is 1. The van der Waals surface area contributed by atoms with E-state index in [9.17, 15) is 22.4 Å². The molecule has 0 heterocycles. The first-order valence-electron chi connectivity index (χ1n) is 7.70. The molecule has 4 unspecified atom stereocenters. The van der Waals surface area contributed by atoms with Crippen LogP contribution in [0.1, 0.15) is 38.5 Å². The Labute approximate surface area is 127 Å². The standard InChI is InChI=1S/C14H23F4N3O/c15-10-6-12(20)11(19)5-9(10)13(22)21-8-3-1-7(2-4-8)14(16,17)18/h7-12H,1-6,19-20H2,(H,21,22). The Morgan fingerprint density at radius 2 is 1.55 bits per heavy atom. The molecule has 0 bridgehead atoms. The molecule has 4 atom stereocenters. The maximum absolute atomic E-state index is 13.9. The summed E-state index contributed by atoms with van der Waals surface area (Å²) in [5.74, 6) is -2.60. The van der Waals surface area contributed by atoms with Crippen LogP contribution in [-0.2, 0) is 4.79 Å². The molecule has 4 nitrogen and oxygen atoms in total. The molecule has 2 aliphatic carbocycles. The topological polar surface area (TPSA) is 81.1 Å². The van der Waals surface area contributed by atoms with Crippen molar-refractivity contribution >= 4 is 5.91 Å². The minimum Gasteiger partial charge on any atom is -0.353 e. The van der Waals surface area contributed by atoms with Gasteiger partial charge in [-0.25, -0.2) is 4.39 Å². The monoisotopic (exact) mass is 325 g/mol. The lowest BCUT2D eigenvalue weighted by Gasteiger charge is -2.35. The van der Waals surface area contributed by atoms with Crippen molar-refractivity contribution in [3.8, 4) is 0 Å². The van der Waals surface area contributed by atoms with Gasteiger partial charge >= 0.3 is 6.18 Å². The number of alkyl halides is 4. The van der Waals surface area contributed by atoms with E-state index in [1.165, 1.54) is 0 Å². The first kappa shape index (κ1) is 17.5. The van der Waals surface area contributed by atoms with Crippen molar-refractivity contribution in [2.45, 2.75) is 69.0 Å². The predicted octanol–water partition coefficient (Wildman–Crippen LogP) is 1.63. The van der Waals surface area contributed by atoms with Crippen molar-refractivity contribution in [1.29, 1.82) is 0 Å². The summed E-state index contributed by atoms with van der Waals surface area (Å²) in [6.07, 6.45) is -4.76. The van der Waals surface area contributed by atoms with Gasteiger partial charge in [0.1, 0.15) is 6.17 Å². The average Bonchev–Trinajstić information content (AvgIpc) is 2.42. The number of nitrogens with one attached hydrogen (secondary N) is 1. The summed E-state index contributed by atoms with van der Waals surface area (Å²) in [6.45, 7) is 0. The minimum absolute atomic E-state index is 0.00253. The van der Waals surface area contributed by atoms with Gasteiger partial charge in [0.2, 0.25) is 5.91 Å². The molecule has 0 saturated heterocycles. The first-order chi connectivity index (χ1) is 10.2. The summed E-state index contributed by atoms with van der Waals surface area (Å²) in [7, 11) is 0. The lowest BCUT2D eigenvalue weighted by molar-refractivity contribution is -0.182. The van der Waals surface area contributed by atoms with Crippen LogP contribution in [0.5, 0.6) is 0 Å². The second kappa shape index (κ2) is 6.70. The number of hydrogen-bond acceptors (Lipinski definition) is 3. The fourth-order valence-corrected chi connectivity index (χ4v) is 3.36. The van der Waals surface area contributed by atoms with E-state index >= 15 is 0 Å². The molecule has 2 fully saturated rings. The second-order valence-corrected chi connectivity index (χ2v) is 6.52. The maximum Gasteiger partial charge on any atom is 0.391 e. The minimum atomic E-state index is -4.18. The van der Waals surface area contributed by atoms with Crippen molar-refractivity contribution in [3.63, 3.8) is 0 Å². The molecule has 22 heavy (non-hydrogen) atoms. The summed E-state index contributed by atoms with van der Waals surface area (Å²) >= 11 is 0. The van der Waals surface area contributed by atoms with Crippen LogP contribution in [-0.4, -0.2) is 36.4 Å². The van der Waals surface area contributed by atoms with Gasteiger partial charge in [-0.1, -0.05) is 0 Å². The van der Waals surface area contributed by atoms with E-state index in [4.69, 9.17) is 11.5 Å². The third-order valence-corrected chi connectivity index (χ3v) is 4.88. The van der Waals surface area contributed by atoms with Crippen LogP contribution < -0.4 is 16.8 Å². The molecule has 1 amide bonds. The van der Waals surface area contributed by atoms with Crippen LogP contribution in [0.25, 0.3) is 0 Å². The van der Waals surface area contributed by atoms with Gasteiger partial charge in [-0.2, -0.15) is 13.2 Å². The summed E-state index contributed by atoms with van der Waals surface area (Å²) in [6, 6.07) is -1.20. The highest BCUT2D eigenvalue weighted by Gasteiger charge is 2.43. The quantitative estimate of drug-likeness (QED) is 0.675. The van der Waals surface area contributed by atoms with E-state index in [2.05, 4.69) is 5.32 Å². The Kier molecular flexibility index (Phi) is 5.32. The van der Waals surface area contributed by atoms with E-state index in [1.54, 1.807) is 0 Å². The van der Waals surface area contributed by atoms with E-state index < -0.39 is 42.2 Å². The van der Waals surface area contributed by atoms with Gasteiger partial charge in [-0.3, -0.25) is 4.79 Å². The normalized spacial score (nSPS) is 40.3.